The third kappa shape index (κ3) is 4.93. The molecule has 26 heavy (non-hydrogen) atoms. The van der Waals surface area contributed by atoms with Crippen molar-refractivity contribution in [3.8, 4) is 0 Å². The molecular weight excluding hydrogens is 362 g/mol. The van der Waals surface area contributed by atoms with E-state index in [9.17, 15) is 19.7 Å². The highest BCUT2D eigenvalue weighted by Crippen LogP contribution is 2.22. The summed E-state index contributed by atoms with van der Waals surface area (Å²) < 4.78 is 4.88. The first-order valence-electron chi connectivity index (χ1n) is 7.54. The number of anilines is 1. The molecule has 1 atom stereocenters. The molecule has 0 saturated heterocycles. The van der Waals surface area contributed by atoms with Gasteiger partial charge in [0.2, 0.25) is 0 Å². The molecular formula is C17H16ClN3O5. The first-order chi connectivity index (χ1) is 12.3. The van der Waals surface area contributed by atoms with Crippen LogP contribution in [0, 0.1) is 10.1 Å². The van der Waals surface area contributed by atoms with Crippen LogP contribution in [-0.4, -0.2) is 23.4 Å². The highest BCUT2D eigenvalue weighted by Gasteiger charge is 2.18. The Bertz CT molecular complexity index is 856. The van der Waals surface area contributed by atoms with E-state index in [1.807, 2.05) is 0 Å². The summed E-state index contributed by atoms with van der Waals surface area (Å²) in [5.41, 5.74) is 5.72. The number of nitrogen functional groups attached to an aromatic ring is 1. The Labute approximate surface area is 154 Å². The van der Waals surface area contributed by atoms with Crippen molar-refractivity contribution >= 4 is 34.9 Å². The number of nitrogens with zero attached hydrogens (tertiary/aromatic N) is 1. The number of benzene rings is 2. The van der Waals surface area contributed by atoms with E-state index >= 15 is 0 Å². The summed E-state index contributed by atoms with van der Waals surface area (Å²) in [5, 5.41) is 14.1. The number of rotatable bonds is 6. The number of amides is 1. The van der Waals surface area contributed by atoms with Gasteiger partial charge in [0.05, 0.1) is 16.5 Å². The third-order valence-corrected chi connectivity index (χ3v) is 3.76. The molecule has 0 radical (unpaired) electrons. The van der Waals surface area contributed by atoms with E-state index < -0.39 is 29.1 Å². The average molecular weight is 378 g/mol. The predicted molar refractivity (Wildman–Crippen MR) is 95.8 cm³/mol. The van der Waals surface area contributed by atoms with E-state index in [0.717, 1.165) is 11.6 Å². The Morgan fingerprint density at radius 3 is 2.69 bits per heavy atom. The van der Waals surface area contributed by atoms with E-state index in [1.54, 1.807) is 31.2 Å². The zero-order chi connectivity index (χ0) is 19.3. The van der Waals surface area contributed by atoms with E-state index in [1.165, 1.54) is 12.1 Å². The molecule has 0 unspecified atom stereocenters. The molecule has 0 fully saturated rings. The number of nitro groups is 1. The maximum atomic E-state index is 12.0. The first-order valence-corrected chi connectivity index (χ1v) is 7.91. The van der Waals surface area contributed by atoms with Crippen molar-refractivity contribution in [3.05, 3.63) is 68.7 Å². The van der Waals surface area contributed by atoms with Gasteiger partial charge in [0.1, 0.15) is 5.69 Å². The second-order valence-electron chi connectivity index (χ2n) is 5.45. The van der Waals surface area contributed by atoms with Gasteiger partial charge in [-0.1, -0.05) is 23.7 Å². The molecule has 136 valence electrons. The summed E-state index contributed by atoms with van der Waals surface area (Å²) in [5.74, 6) is -1.38. The monoisotopic (exact) mass is 377 g/mol. The third-order valence-electron chi connectivity index (χ3n) is 3.52. The van der Waals surface area contributed by atoms with E-state index in [2.05, 4.69) is 5.32 Å². The van der Waals surface area contributed by atoms with Crippen LogP contribution >= 0.6 is 11.6 Å². The SMILES string of the molecule is C[C@H](NC(=O)COC(=O)c1ccc(N)c([N+](=O)[O-])c1)c1cccc(Cl)c1. The summed E-state index contributed by atoms with van der Waals surface area (Å²) in [6.07, 6.45) is 0. The van der Waals surface area contributed by atoms with Gasteiger partial charge in [0.15, 0.2) is 6.61 Å². The fourth-order valence-electron chi connectivity index (χ4n) is 2.19. The Hall–Kier alpha value is -3.13. The minimum Gasteiger partial charge on any atom is -0.452 e. The van der Waals surface area contributed by atoms with E-state index in [4.69, 9.17) is 22.1 Å². The number of esters is 1. The van der Waals surface area contributed by atoms with Crippen LogP contribution in [0.2, 0.25) is 5.02 Å². The lowest BCUT2D eigenvalue weighted by Gasteiger charge is -2.14. The second kappa shape index (κ2) is 8.30. The van der Waals surface area contributed by atoms with E-state index in [-0.39, 0.29) is 17.3 Å². The van der Waals surface area contributed by atoms with Gasteiger partial charge in [-0.05, 0) is 36.8 Å². The normalized spacial score (nSPS) is 11.5. The summed E-state index contributed by atoms with van der Waals surface area (Å²) in [7, 11) is 0. The number of nitrogens with two attached hydrogens (primary N) is 1. The number of nitrogens with one attached hydrogen (secondary N) is 1. The van der Waals surface area contributed by atoms with Gasteiger partial charge in [0.25, 0.3) is 11.6 Å². The molecule has 0 spiro atoms. The lowest BCUT2D eigenvalue weighted by molar-refractivity contribution is -0.383. The van der Waals surface area contributed by atoms with Crippen molar-refractivity contribution in [1.82, 2.24) is 5.32 Å². The largest absolute Gasteiger partial charge is 0.452 e. The fourth-order valence-corrected chi connectivity index (χ4v) is 2.38. The van der Waals surface area contributed by atoms with Crippen LogP contribution in [0.25, 0.3) is 0 Å². The molecule has 3 N–H and O–H groups in total. The number of ether oxygens (including phenoxy) is 1. The summed E-state index contributed by atoms with van der Waals surface area (Å²) in [6.45, 7) is 1.23. The highest BCUT2D eigenvalue weighted by molar-refractivity contribution is 6.30. The Balaban J connectivity index is 1.93. The number of carbonyl (C=O) groups is 2. The molecule has 0 aliphatic carbocycles. The van der Waals surface area contributed by atoms with E-state index in [0.29, 0.717) is 5.02 Å². The van der Waals surface area contributed by atoms with Gasteiger partial charge >= 0.3 is 5.97 Å². The van der Waals surface area contributed by atoms with Crippen molar-refractivity contribution in [2.75, 3.05) is 12.3 Å². The number of halogens is 1. The summed E-state index contributed by atoms with van der Waals surface area (Å²) in [6, 6.07) is 10.2. The highest BCUT2D eigenvalue weighted by atomic mass is 35.5. The van der Waals surface area contributed by atoms with Crippen molar-refractivity contribution in [2.45, 2.75) is 13.0 Å². The zero-order valence-corrected chi connectivity index (χ0v) is 14.5. The molecule has 0 aromatic heterocycles. The number of hydrogen-bond donors (Lipinski definition) is 2. The predicted octanol–water partition coefficient (Wildman–Crippen LogP) is 2.86. The molecule has 9 heteroatoms. The maximum Gasteiger partial charge on any atom is 0.338 e. The number of hydrogen-bond acceptors (Lipinski definition) is 6. The lowest BCUT2D eigenvalue weighted by Crippen LogP contribution is -2.31. The standard InChI is InChI=1S/C17H16ClN3O5/c1-10(11-3-2-4-13(18)7-11)20-16(22)9-26-17(23)12-5-6-14(19)15(8-12)21(24)25/h2-8,10H,9,19H2,1H3,(H,20,22)/t10-/m0/s1. The Kier molecular flexibility index (Phi) is 6.13. The maximum absolute atomic E-state index is 12.0. The van der Waals surface area contributed by atoms with Gasteiger partial charge in [-0.25, -0.2) is 4.79 Å². The van der Waals surface area contributed by atoms with Crippen LogP contribution in [-0.2, 0) is 9.53 Å². The van der Waals surface area contributed by atoms with Crippen LogP contribution in [0.4, 0.5) is 11.4 Å². The van der Waals surface area contributed by atoms with Crippen molar-refractivity contribution in [1.29, 1.82) is 0 Å². The molecule has 0 bridgehead atoms. The van der Waals surface area contributed by atoms with Crippen molar-refractivity contribution in [3.63, 3.8) is 0 Å². The Morgan fingerprint density at radius 1 is 1.31 bits per heavy atom. The fraction of sp³-hybridized carbons (Fsp3) is 0.176. The minimum absolute atomic E-state index is 0.0680. The smallest absolute Gasteiger partial charge is 0.338 e. The molecule has 2 rings (SSSR count). The molecule has 1 amide bonds. The second-order valence-corrected chi connectivity index (χ2v) is 5.89. The molecule has 2 aromatic carbocycles. The lowest BCUT2D eigenvalue weighted by atomic mass is 10.1. The number of nitro benzene ring substituents is 1. The molecule has 0 aliphatic heterocycles. The minimum atomic E-state index is -0.862. The van der Waals surface area contributed by atoms with Crippen LogP contribution in [0.3, 0.4) is 0 Å². The molecule has 0 aliphatic rings. The van der Waals surface area contributed by atoms with Crippen LogP contribution in [0.15, 0.2) is 42.5 Å². The Morgan fingerprint density at radius 2 is 2.04 bits per heavy atom. The molecule has 0 heterocycles. The zero-order valence-electron chi connectivity index (χ0n) is 13.8. The van der Waals surface area contributed by atoms with Crippen molar-refractivity contribution < 1.29 is 19.2 Å². The molecule has 0 saturated carbocycles. The average Bonchev–Trinajstić information content (AvgIpc) is 2.59. The van der Waals surface area contributed by atoms with Crippen molar-refractivity contribution in [2.24, 2.45) is 0 Å². The van der Waals surface area contributed by atoms with Gasteiger partial charge in [0, 0.05) is 11.1 Å². The topological polar surface area (TPSA) is 125 Å². The van der Waals surface area contributed by atoms with Gasteiger partial charge < -0.3 is 15.8 Å². The van der Waals surface area contributed by atoms with Crippen LogP contribution in [0.5, 0.6) is 0 Å². The quantitative estimate of drug-likeness (QED) is 0.345. The summed E-state index contributed by atoms with van der Waals surface area (Å²) >= 11 is 5.90. The van der Waals surface area contributed by atoms with Gasteiger partial charge in [-0.3, -0.25) is 14.9 Å². The van der Waals surface area contributed by atoms with Crippen LogP contribution in [0.1, 0.15) is 28.9 Å². The first kappa shape index (κ1) is 19.2. The number of carbonyl (C=O) groups excluding carboxylic acids is 2. The van der Waals surface area contributed by atoms with Gasteiger partial charge in [-0.2, -0.15) is 0 Å². The summed E-state index contributed by atoms with van der Waals surface area (Å²) in [4.78, 5) is 34.0. The molecule has 8 nitrogen and oxygen atoms in total. The van der Waals surface area contributed by atoms with Crippen LogP contribution < -0.4 is 11.1 Å². The van der Waals surface area contributed by atoms with Gasteiger partial charge in [-0.15, -0.1) is 0 Å². The molecule has 2 aromatic rings.